The molecule has 28 heteroatoms. The second-order valence-corrected chi connectivity index (χ2v) is 24.8. The molecule has 28 nitrogen and oxygen atoms in total. The van der Waals surface area contributed by atoms with Crippen LogP contribution in [0.2, 0.25) is 0 Å². The van der Waals surface area contributed by atoms with Gasteiger partial charge in [-0.25, -0.2) is 4.79 Å². The molecule has 0 spiro atoms. The maximum Gasteiger partial charge on any atom is 0.326 e. The topological polar surface area (TPSA) is 492 Å². The monoisotopic (exact) mass is 1350 g/mol. The van der Waals surface area contributed by atoms with Gasteiger partial charge in [0.1, 0.15) is 47.8 Å². The van der Waals surface area contributed by atoms with E-state index in [0.717, 1.165) is 4.90 Å². The molecule has 23 N–H and O–H groups in total. The number of carbonyl (C=O) groups excluding carboxylic acids is 8. The third kappa shape index (κ3) is 29.1. The number of Topliss-reactive ketones (excluding diaryl/α,β-unsaturated/α-hetero) is 1. The minimum absolute atomic E-state index is 0.0205. The van der Waals surface area contributed by atoms with E-state index in [4.69, 9.17) is 39.5 Å². The minimum atomic E-state index is -1.42. The molecule has 530 valence electrons. The minimum Gasteiger partial charge on any atom is -0.508 e. The highest BCUT2D eigenvalue weighted by molar-refractivity contribution is 5.97. The van der Waals surface area contributed by atoms with Crippen LogP contribution in [0.25, 0.3) is 0 Å². The van der Waals surface area contributed by atoms with Gasteiger partial charge in [-0.3, -0.25) is 49.2 Å². The average molecular weight is 1350 g/mol. The number of carboxylic acids is 1. The molecule has 0 unspecified atom stereocenters. The highest BCUT2D eigenvalue weighted by Crippen LogP contribution is 2.21. The van der Waals surface area contributed by atoms with Crippen LogP contribution >= 0.6 is 0 Å². The summed E-state index contributed by atoms with van der Waals surface area (Å²) in [4.78, 5) is 130. The second-order valence-electron chi connectivity index (χ2n) is 24.8. The number of nitrogens with one attached hydrogen (secondary N) is 10. The van der Waals surface area contributed by atoms with Gasteiger partial charge in [0.25, 0.3) is 0 Å². The molecule has 10 atom stereocenters. The van der Waals surface area contributed by atoms with Gasteiger partial charge in [0.15, 0.2) is 17.7 Å². The first-order valence-corrected chi connectivity index (χ1v) is 33.1. The van der Waals surface area contributed by atoms with Crippen LogP contribution in [0.1, 0.15) is 121 Å². The summed E-state index contributed by atoms with van der Waals surface area (Å²) < 4.78 is 0. The van der Waals surface area contributed by atoms with Crippen LogP contribution in [-0.4, -0.2) is 166 Å². The summed E-state index contributed by atoms with van der Waals surface area (Å²) in [5, 5.41) is 67.7. The lowest BCUT2D eigenvalue weighted by atomic mass is 9.94. The lowest BCUT2D eigenvalue weighted by molar-refractivity contribution is -0.153. The number of unbranched alkanes of at least 4 members (excludes halogenated alkanes) is 1. The summed E-state index contributed by atoms with van der Waals surface area (Å²) in [6.07, 6.45) is 1.21. The third-order valence-electron chi connectivity index (χ3n) is 16.4. The number of carboxylic acid groups (broad SMARTS) is 1. The zero-order chi connectivity index (χ0) is 71.6. The van der Waals surface area contributed by atoms with Crippen LogP contribution in [-0.2, 0) is 68.8 Å². The number of aliphatic carboxylic acids is 1. The Morgan fingerprint density at radius 2 is 0.887 bits per heavy atom. The van der Waals surface area contributed by atoms with Crippen molar-refractivity contribution in [3.05, 3.63) is 131 Å². The van der Waals surface area contributed by atoms with Crippen LogP contribution in [0.15, 0.2) is 109 Å². The van der Waals surface area contributed by atoms with Crippen LogP contribution in [0.4, 0.5) is 0 Å². The number of benzene rings is 4. The van der Waals surface area contributed by atoms with Crippen molar-refractivity contribution in [3.63, 3.8) is 0 Å². The first kappa shape index (κ1) is 79.8. The molecule has 4 aromatic carbocycles. The molecule has 0 radical (unpaired) electrons. The summed E-state index contributed by atoms with van der Waals surface area (Å²) in [6.45, 7) is 7.35. The molecule has 0 aliphatic heterocycles. The summed E-state index contributed by atoms with van der Waals surface area (Å²) in [7, 11) is 0. The van der Waals surface area contributed by atoms with E-state index >= 15 is 0 Å². The second kappa shape index (κ2) is 42.0. The summed E-state index contributed by atoms with van der Waals surface area (Å²) >= 11 is 0. The number of nitrogens with two attached hydrogens (primary N) is 5. The van der Waals surface area contributed by atoms with Crippen molar-refractivity contribution in [3.8, 4) is 11.5 Å². The number of amides is 7. The number of phenols is 2. The van der Waals surface area contributed by atoms with E-state index in [1.807, 2.05) is 6.92 Å². The number of ketones is 1. The van der Waals surface area contributed by atoms with E-state index in [2.05, 4.69) is 42.5 Å². The smallest absolute Gasteiger partial charge is 0.326 e. The van der Waals surface area contributed by atoms with Gasteiger partial charge in [-0.05, 0) is 136 Å². The quantitative estimate of drug-likeness (QED) is 0.0169. The number of rotatable bonds is 44. The Bertz CT molecular complexity index is 3180. The Morgan fingerprint density at radius 1 is 0.495 bits per heavy atom. The van der Waals surface area contributed by atoms with Crippen molar-refractivity contribution >= 4 is 65.0 Å². The standard InChI is InChI=1S/C69H102N16O12/c1-5-43(4)59(84-61(90)51(72)39-47-27-31-49(87)32-28-47)66(95)85(57(67(96)97)37-42(2)3)36-16-24-58(88)52(22-14-34-77-68(73)74)79-62(91)54(23-15-35-78-69(75)76)81-64(93)55(40-44-17-8-6-9-18-44)83-65(94)56(41-45-19-10-7-11-20-45)82-63(92)53(21-12-13-33-70)80-60(89)50(71)38-46-25-29-48(86)30-26-46/h6-11,17-20,25-32,42-43,50-57,59,86-87H,5,12-16,21-24,33-41,70-72H2,1-4H3,(H,79,91)(H,80,89)(H,81,93)(H,82,92)(H,83,94)(H,84,90)(H,96,97)(H4,73,74,77)(H4,75,76,78)/t43-,50-,51-,52-,53+,54-,55-,56-,57-,59-/m0/s1. The van der Waals surface area contributed by atoms with Crippen LogP contribution < -0.4 is 71.2 Å². The van der Waals surface area contributed by atoms with Gasteiger partial charge >= 0.3 is 5.97 Å². The van der Waals surface area contributed by atoms with Gasteiger partial charge in [-0.1, -0.05) is 119 Å². The van der Waals surface area contributed by atoms with E-state index < -0.39 is 113 Å². The molecular formula is C69H102N16O12. The predicted octanol–water partition coefficient (Wildman–Crippen LogP) is 1.31. The largest absolute Gasteiger partial charge is 0.508 e. The Labute approximate surface area is 567 Å². The molecule has 7 amide bonds. The van der Waals surface area contributed by atoms with Crippen molar-refractivity contribution in [1.82, 2.24) is 47.4 Å². The van der Waals surface area contributed by atoms with Crippen molar-refractivity contribution < 1.29 is 58.5 Å². The van der Waals surface area contributed by atoms with Gasteiger partial charge in [0.05, 0.1) is 18.1 Å². The SMILES string of the molecule is CC[C@H](C)[C@H](NC(=O)[C@@H](N)Cc1ccc(O)cc1)C(=O)N(CCCC(=O)[C@H](CCCNC(=N)N)NC(=O)[C@H](CCCNC(=N)N)NC(=O)[C@H](Cc1ccccc1)NC(=O)[C@H](Cc1ccccc1)NC(=O)[C@@H](CCCCN)NC(=O)[C@@H](N)Cc1ccc(O)cc1)[C@@H](CC(C)C)C(=O)O. The molecule has 0 bridgehead atoms. The van der Waals surface area contributed by atoms with Crippen molar-refractivity contribution in [2.45, 2.75) is 178 Å². The zero-order valence-corrected chi connectivity index (χ0v) is 56.0. The highest BCUT2D eigenvalue weighted by Gasteiger charge is 2.39. The van der Waals surface area contributed by atoms with E-state index in [1.54, 1.807) is 106 Å². The zero-order valence-electron chi connectivity index (χ0n) is 56.0. The molecule has 0 aromatic heterocycles. The lowest BCUT2D eigenvalue weighted by Gasteiger charge is -2.35. The van der Waals surface area contributed by atoms with Crippen LogP contribution in [0.3, 0.4) is 0 Å². The van der Waals surface area contributed by atoms with E-state index in [1.165, 1.54) is 24.3 Å². The maximum absolute atomic E-state index is 15.0. The Hall–Kier alpha value is -9.67. The fourth-order valence-electron chi connectivity index (χ4n) is 10.8. The van der Waals surface area contributed by atoms with Gasteiger partial charge in [-0.15, -0.1) is 0 Å². The number of phenolic OH excluding ortho intramolecular Hbond substituents is 2. The van der Waals surface area contributed by atoms with Crippen molar-refractivity contribution in [2.75, 3.05) is 26.2 Å². The van der Waals surface area contributed by atoms with E-state index in [9.17, 15) is 58.5 Å². The number of hydrogen-bond donors (Lipinski definition) is 18. The number of guanidine groups is 2. The normalized spacial score (nSPS) is 14.2. The number of carbonyl (C=O) groups is 9. The number of nitrogens with zero attached hydrogens (tertiary/aromatic N) is 1. The molecule has 0 heterocycles. The van der Waals surface area contributed by atoms with Crippen LogP contribution in [0, 0.1) is 22.7 Å². The van der Waals surface area contributed by atoms with Gasteiger partial charge in [0, 0.05) is 38.9 Å². The molecule has 4 aromatic rings. The molecule has 0 fully saturated rings. The van der Waals surface area contributed by atoms with Crippen LogP contribution in [0.5, 0.6) is 11.5 Å². The summed E-state index contributed by atoms with van der Waals surface area (Å²) in [6, 6.07) is 18.3. The number of aromatic hydroxyl groups is 2. The molecule has 97 heavy (non-hydrogen) atoms. The van der Waals surface area contributed by atoms with Gasteiger partial charge in [0.2, 0.25) is 41.4 Å². The van der Waals surface area contributed by atoms with Crippen molar-refractivity contribution in [2.24, 2.45) is 40.5 Å². The Kier molecular flexibility index (Phi) is 34.5. The Balaban J connectivity index is 1.66. The molecule has 0 aliphatic rings. The first-order valence-electron chi connectivity index (χ1n) is 33.1. The van der Waals surface area contributed by atoms with Crippen molar-refractivity contribution in [1.29, 1.82) is 10.8 Å². The molecule has 4 rings (SSSR count). The highest BCUT2D eigenvalue weighted by atomic mass is 16.4. The summed E-state index contributed by atoms with van der Waals surface area (Å²) in [5.41, 5.74) is 32.2. The third-order valence-corrected chi connectivity index (χ3v) is 16.4. The average Bonchev–Trinajstić information content (AvgIpc) is 0.849. The van der Waals surface area contributed by atoms with Gasteiger partial charge < -0.3 is 91.4 Å². The van der Waals surface area contributed by atoms with E-state index in [0.29, 0.717) is 48.1 Å². The molecular weight excluding hydrogens is 1240 g/mol. The molecule has 0 saturated heterocycles. The maximum atomic E-state index is 15.0. The molecule has 0 saturated carbocycles. The summed E-state index contributed by atoms with van der Waals surface area (Å²) in [5.74, 6) is -8.42. The van der Waals surface area contributed by atoms with Gasteiger partial charge in [-0.2, -0.15) is 0 Å². The van der Waals surface area contributed by atoms with E-state index in [-0.39, 0.29) is 126 Å². The first-order chi connectivity index (χ1) is 46.2. The fraction of sp³-hybridized carbons (Fsp3) is 0.493. The number of hydrogen-bond acceptors (Lipinski definition) is 16. The predicted molar refractivity (Wildman–Crippen MR) is 369 cm³/mol. The Morgan fingerprint density at radius 3 is 1.31 bits per heavy atom. The fourth-order valence-corrected chi connectivity index (χ4v) is 10.8. The lowest BCUT2D eigenvalue weighted by Crippen LogP contribution is -2.60. The molecule has 0 aliphatic carbocycles.